The summed E-state index contributed by atoms with van der Waals surface area (Å²) < 4.78 is 7.77. The summed E-state index contributed by atoms with van der Waals surface area (Å²) in [4.78, 5) is 13.1. The Morgan fingerprint density at radius 1 is 1.42 bits per heavy atom. The number of nitrogens with two attached hydrogens (primary N) is 1. The number of benzene rings is 1. The molecule has 1 atom stereocenters. The zero-order valence-electron chi connectivity index (χ0n) is 13.0. The number of rotatable bonds is 5. The van der Waals surface area contributed by atoms with Gasteiger partial charge in [0, 0.05) is 24.6 Å². The first-order valence-corrected chi connectivity index (χ1v) is 7.70. The van der Waals surface area contributed by atoms with Gasteiger partial charge in [0.05, 0.1) is 18.1 Å². The van der Waals surface area contributed by atoms with Crippen molar-refractivity contribution in [2.24, 2.45) is 12.8 Å². The van der Waals surface area contributed by atoms with E-state index >= 15 is 0 Å². The second-order valence-corrected chi connectivity index (χ2v) is 5.67. The van der Waals surface area contributed by atoms with Crippen molar-refractivity contribution in [3.63, 3.8) is 0 Å². The monoisotopic (exact) mass is 342 g/mol. The van der Waals surface area contributed by atoms with Crippen LogP contribution in [0.2, 0.25) is 5.02 Å². The van der Waals surface area contributed by atoms with Gasteiger partial charge in [-0.15, -0.1) is 0 Å². The molecule has 1 aromatic carbocycles. The van der Waals surface area contributed by atoms with Gasteiger partial charge in [0.1, 0.15) is 17.3 Å². The molecule has 0 aliphatic carbocycles. The third-order valence-electron chi connectivity index (χ3n) is 3.52. The highest BCUT2D eigenvalue weighted by Gasteiger charge is 2.19. The number of halogens is 1. The van der Waals surface area contributed by atoms with E-state index in [1.807, 2.05) is 7.05 Å². The second kappa shape index (κ2) is 6.83. The first kappa shape index (κ1) is 16.2. The first-order chi connectivity index (χ1) is 11.6. The van der Waals surface area contributed by atoms with Gasteiger partial charge < -0.3 is 15.0 Å². The van der Waals surface area contributed by atoms with Crippen LogP contribution in [-0.4, -0.2) is 26.1 Å². The molecule has 0 aliphatic rings. The molecule has 2 N–H and O–H groups in total. The number of aryl methyl sites for hydroxylation is 1. The van der Waals surface area contributed by atoms with E-state index in [9.17, 15) is 5.26 Å². The van der Waals surface area contributed by atoms with Crippen LogP contribution >= 0.6 is 11.6 Å². The summed E-state index contributed by atoms with van der Waals surface area (Å²) in [6.07, 6.45) is 3.33. The van der Waals surface area contributed by atoms with Crippen molar-refractivity contribution >= 4 is 22.8 Å². The average Bonchev–Trinajstić information content (AvgIpc) is 2.95. The summed E-state index contributed by atoms with van der Waals surface area (Å²) in [7, 11) is 1.86. The maximum absolute atomic E-state index is 9.23. The van der Waals surface area contributed by atoms with Crippen molar-refractivity contribution in [2.45, 2.75) is 12.5 Å². The van der Waals surface area contributed by atoms with E-state index in [1.54, 1.807) is 35.3 Å². The lowest BCUT2D eigenvalue weighted by atomic mass is 10.2. The number of nitriles is 1. The lowest BCUT2D eigenvalue weighted by Crippen LogP contribution is -2.16. The molecule has 0 aliphatic heterocycles. The average molecular weight is 343 g/mol. The van der Waals surface area contributed by atoms with Crippen LogP contribution in [0.4, 0.5) is 0 Å². The van der Waals surface area contributed by atoms with E-state index in [4.69, 9.17) is 22.1 Å². The molecule has 3 aromatic rings. The van der Waals surface area contributed by atoms with E-state index in [2.05, 4.69) is 21.0 Å². The van der Waals surface area contributed by atoms with Crippen LogP contribution in [0, 0.1) is 11.3 Å². The normalized spacial score (nSPS) is 12.1. The highest BCUT2D eigenvalue weighted by molar-refractivity contribution is 6.30. The SMILES string of the molecule is Cn1cnc2cnc(C(CCN)Oc3cc(Cl)ccc3C#N)nc21. The van der Waals surface area contributed by atoms with Gasteiger partial charge in [0.15, 0.2) is 17.6 Å². The van der Waals surface area contributed by atoms with Gasteiger partial charge in [-0.25, -0.2) is 15.0 Å². The van der Waals surface area contributed by atoms with E-state index < -0.39 is 6.10 Å². The minimum atomic E-state index is -0.486. The Labute approximate surface area is 143 Å². The third kappa shape index (κ3) is 3.15. The van der Waals surface area contributed by atoms with Crippen LogP contribution in [0.3, 0.4) is 0 Å². The number of imidazole rings is 1. The Kier molecular flexibility index (Phi) is 4.60. The Bertz CT molecular complexity index is 917. The van der Waals surface area contributed by atoms with Gasteiger partial charge in [-0.3, -0.25) is 0 Å². The molecule has 24 heavy (non-hydrogen) atoms. The van der Waals surface area contributed by atoms with Crippen molar-refractivity contribution in [1.29, 1.82) is 5.26 Å². The number of ether oxygens (including phenoxy) is 1. The van der Waals surface area contributed by atoms with E-state index in [1.165, 1.54) is 0 Å². The third-order valence-corrected chi connectivity index (χ3v) is 3.76. The molecule has 0 amide bonds. The predicted molar refractivity (Wildman–Crippen MR) is 89.5 cm³/mol. The summed E-state index contributed by atoms with van der Waals surface area (Å²) in [6, 6.07) is 6.95. The van der Waals surface area contributed by atoms with Gasteiger partial charge in [-0.1, -0.05) is 11.6 Å². The Morgan fingerprint density at radius 3 is 3.00 bits per heavy atom. The van der Waals surface area contributed by atoms with Crippen LogP contribution in [0.5, 0.6) is 5.75 Å². The minimum absolute atomic E-state index is 0.386. The zero-order valence-corrected chi connectivity index (χ0v) is 13.7. The Hall–Kier alpha value is -2.69. The van der Waals surface area contributed by atoms with Crippen LogP contribution in [0.15, 0.2) is 30.7 Å². The fourth-order valence-electron chi connectivity index (χ4n) is 2.32. The number of hydrogen-bond donors (Lipinski definition) is 1. The van der Waals surface area contributed by atoms with Gasteiger partial charge in [0.2, 0.25) is 0 Å². The number of nitrogens with zero attached hydrogens (tertiary/aromatic N) is 5. The van der Waals surface area contributed by atoms with Gasteiger partial charge in [-0.05, 0) is 18.7 Å². The molecular formula is C16H15ClN6O. The van der Waals surface area contributed by atoms with Crippen LogP contribution in [0.25, 0.3) is 11.2 Å². The smallest absolute Gasteiger partial charge is 0.171 e. The van der Waals surface area contributed by atoms with Crippen molar-refractivity contribution in [1.82, 2.24) is 19.5 Å². The number of hydrogen-bond acceptors (Lipinski definition) is 6. The van der Waals surface area contributed by atoms with E-state index in [0.29, 0.717) is 46.3 Å². The van der Waals surface area contributed by atoms with Crippen LogP contribution in [-0.2, 0) is 7.05 Å². The maximum Gasteiger partial charge on any atom is 0.171 e. The summed E-state index contributed by atoms with van der Waals surface area (Å²) in [5.74, 6) is 0.873. The maximum atomic E-state index is 9.23. The molecule has 2 aromatic heterocycles. The summed E-state index contributed by atoms with van der Waals surface area (Å²) in [6.45, 7) is 0.389. The lowest BCUT2D eigenvalue weighted by molar-refractivity contribution is 0.187. The number of fused-ring (bicyclic) bond motifs is 1. The summed E-state index contributed by atoms with van der Waals surface area (Å²) >= 11 is 6.01. The Balaban J connectivity index is 1.98. The Morgan fingerprint density at radius 2 is 2.25 bits per heavy atom. The van der Waals surface area contributed by atoms with Gasteiger partial charge in [-0.2, -0.15) is 5.26 Å². The molecule has 122 valence electrons. The second-order valence-electron chi connectivity index (χ2n) is 5.23. The molecule has 0 saturated carbocycles. The molecular weight excluding hydrogens is 328 g/mol. The quantitative estimate of drug-likeness (QED) is 0.763. The summed E-state index contributed by atoms with van der Waals surface area (Å²) in [5.41, 5.74) is 7.50. The molecule has 7 nitrogen and oxygen atoms in total. The molecule has 0 bridgehead atoms. The lowest BCUT2D eigenvalue weighted by Gasteiger charge is -2.18. The van der Waals surface area contributed by atoms with Crippen molar-refractivity contribution < 1.29 is 4.74 Å². The van der Waals surface area contributed by atoms with Crippen molar-refractivity contribution in [3.05, 3.63) is 47.1 Å². The molecule has 2 heterocycles. The summed E-state index contributed by atoms with van der Waals surface area (Å²) in [5, 5.41) is 9.72. The van der Waals surface area contributed by atoms with Gasteiger partial charge in [0.25, 0.3) is 0 Å². The zero-order chi connectivity index (χ0) is 17.1. The molecule has 8 heteroatoms. The molecule has 0 spiro atoms. The molecule has 1 unspecified atom stereocenters. The topological polar surface area (TPSA) is 103 Å². The molecule has 0 fully saturated rings. The number of aromatic nitrogens is 4. The predicted octanol–water partition coefficient (Wildman–Crippen LogP) is 2.36. The highest BCUT2D eigenvalue weighted by atomic mass is 35.5. The van der Waals surface area contributed by atoms with Crippen molar-refractivity contribution in [3.8, 4) is 11.8 Å². The van der Waals surface area contributed by atoms with E-state index in [-0.39, 0.29) is 0 Å². The standard InChI is InChI=1S/C16H15ClN6O/c1-23-9-21-12-8-20-15(22-16(12)23)13(4-5-18)24-14-6-11(17)3-2-10(14)7-19/h2-3,6,8-9,13H,4-5,18H2,1H3. The van der Waals surface area contributed by atoms with Crippen molar-refractivity contribution in [2.75, 3.05) is 6.54 Å². The first-order valence-electron chi connectivity index (χ1n) is 7.32. The van der Waals surface area contributed by atoms with Gasteiger partial charge >= 0.3 is 0 Å². The largest absolute Gasteiger partial charge is 0.481 e. The molecule has 3 rings (SSSR count). The van der Waals surface area contributed by atoms with Crippen LogP contribution in [0.1, 0.15) is 23.9 Å². The minimum Gasteiger partial charge on any atom is -0.481 e. The fourth-order valence-corrected chi connectivity index (χ4v) is 2.48. The van der Waals surface area contributed by atoms with Crippen LogP contribution < -0.4 is 10.5 Å². The molecule has 0 radical (unpaired) electrons. The fraction of sp³-hybridized carbons (Fsp3) is 0.250. The molecule has 0 saturated heterocycles. The van der Waals surface area contributed by atoms with E-state index in [0.717, 1.165) is 0 Å². The highest BCUT2D eigenvalue weighted by Crippen LogP contribution is 2.28.